The molecule has 2 aromatic carbocycles. The highest BCUT2D eigenvalue weighted by molar-refractivity contribution is 9.10. The van der Waals surface area contributed by atoms with E-state index in [1.165, 1.54) is 6.07 Å². The van der Waals surface area contributed by atoms with E-state index in [0.717, 1.165) is 24.1 Å². The second kappa shape index (κ2) is 10.1. The monoisotopic (exact) mass is 602 g/mol. The molecule has 38 heavy (non-hydrogen) atoms. The summed E-state index contributed by atoms with van der Waals surface area (Å²) >= 11 is 9.53. The number of aliphatic hydroxyl groups excluding tert-OH is 2. The molecule has 0 spiro atoms. The number of nitrogens with zero attached hydrogens (tertiary/aromatic N) is 6. The average Bonchev–Trinajstić information content (AvgIpc) is 3.49. The van der Waals surface area contributed by atoms with Crippen LogP contribution in [0.25, 0.3) is 16.9 Å². The Balaban J connectivity index is 1.36. The summed E-state index contributed by atoms with van der Waals surface area (Å²) in [7, 11) is 0. The molecular formula is C26H25BrClFN6O3. The minimum absolute atomic E-state index is 0.298. The first-order valence-corrected chi connectivity index (χ1v) is 13.5. The number of benzene rings is 2. The lowest BCUT2D eigenvalue weighted by molar-refractivity contribution is -0.161. The molecule has 1 saturated carbocycles. The molecular weight excluding hydrogens is 579 g/mol. The number of aryl methyl sites for hydroxylation is 1. The minimum Gasteiger partial charge on any atom is -0.394 e. The maximum absolute atomic E-state index is 14.1. The van der Waals surface area contributed by atoms with Gasteiger partial charge in [0.1, 0.15) is 35.6 Å². The molecule has 0 bridgehead atoms. The Morgan fingerprint density at radius 1 is 1.21 bits per heavy atom. The van der Waals surface area contributed by atoms with Gasteiger partial charge in [0.05, 0.1) is 29.0 Å². The predicted molar refractivity (Wildman–Crippen MR) is 141 cm³/mol. The Morgan fingerprint density at radius 3 is 2.76 bits per heavy atom. The first kappa shape index (κ1) is 25.6. The van der Waals surface area contributed by atoms with E-state index >= 15 is 0 Å². The van der Waals surface area contributed by atoms with Crippen LogP contribution in [0.3, 0.4) is 0 Å². The van der Waals surface area contributed by atoms with Crippen molar-refractivity contribution < 1.29 is 19.3 Å². The number of ether oxygens (including phenoxy) is 1. The van der Waals surface area contributed by atoms with Gasteiger partial charge in [0.2, 0.25) is 0 Å². The van der Waals surface area contributed by atoms with E-state index in [-0.39, 0.29) is 0 Å². The summed E-state index contributed by atoms with van der Waals surface area (Å²) in [5, 5.41) is 34.8. The Morgan fingerprint density at radius 2 is 2.03 bits per heavy atom. The van der Waals surface area contributed by atoms with Gasteiger partial charge in [0.25, 0.3) is 0 Å². The van der Waals surface area contributed by atoms with Crippen LogP contribution in [0.4, 0.5) is 4.39 Å². The van der Waals surface area contributed by atoms with E-state index in [1.807, 2.05) is 18.2 Å². The van der Waals surface area contributed by atoms with Gasteiger partial charge < -0.3 is 14.9 Å². The molecule has 9 nitrogen and oxygen atoms in total. The van der Waals surface area contributed by atoms with Gasteiger partial charge >= 0.3 is 0 Å². The highest BCUT2D eigenvalue weighted by Crippen LogP contribution is 2.44. The van der Waals surface area contributed by atoms with Crippen LogP contribution in [-0.4, -0.2) is 58.8 Å². The molecule has 2 N–H and O–H groups in total. The van der Waals surface area contributed by atoms with Crippen molar-refractivity contribution in [2.75, 3.05) is 6.61 Å². The van der Waals surface area contributed by atoms with Crippen LogP contribution in [-0.2, 0) is 4.74 Å². The van der Waals surface area contributed by atoms with Crippen molar-refractivity contribution in [3.63, 3.8) is 0 Å². The first-order chi connectivity index (χ1) is 18.3. The van der Waals surface area contributed by atoms with Crippen LogP contribution in [0, 0.1) is 12.7 Å². The fraction of sp³-hybridized carbons (Fsp3) is 0.385. The number of aromatic nitrogens is 6. The Bertz CT molecular complexity index is 1490. The average molecular weight is 604 g/mol. The third-order valence-electron chi connectivity index (χ3n) is 7.08. The van der Waals surface area contributed by atoms with Crippen molar-refractivity contribution in [3.8, 4) is 16.9 Å². The van der Waals surface area contributed by atoms with Crippen LogP contribution in [0.5, 0.6) is 0 Å². The van der Waals surface area contributed by atoms with Gasteiger partial charge in [0, 0.05) is 17.0 Å². The van der Waals surface area contributed by atoms with Gasteiger partial charge in [-0.2, -0.15) is 5.10 Å². The molecule has 1 aliphatic carbocycles. The topological polar surface area (TPSA) is 111 Å². The molecule has 4 unspecified atom stereocenters. The van der Waals surface area contributed by atoms with Crippen LogP contribution in [0.2, 0.25) is 5.02 Å². The van der Waals surface area contributed by atoms with Gasteiger partial charge in [-0.25, -0.2) is 18.7 Å². The zero-order valence-electron chi connectivity index (χ0n) is 20.4. The van der Waals surface area contributed by atoms with Crippen molar-refractivity contribution >= 4 is 27.5 Å². The van der Waals surface area contributed by atoms with Crippen molar-refractivity contribution in [1.82, 2.24) is 29.8 Å². The normalized spacial score (nSPS) is 23.6. The zero-order chi connectivity index (χ0) is 26.6. The van der Waals surface area contributed by atoms with Gasteiger partial charge in [0.15, 0.2) is 5.82 Å². The maximum Gasteiger partial charge on any atom is 0.161 e. The van der Waals surface area contributed by atoms with Gasteiger partial charge in [-0.15, -0.1) is 5.10 Å². The van der Waals surface area contributed by atoms with Crippen LogP contribution in [0.15, 0.2) is 47.1 Å². The number of rotatable bonds is 6. The molecule has 2 aromatic heterocycles. The fourth-order valence-corrected chi connectivity index (χ4v) is 5.43. The molecule has 4 aromatic rings. The highest BCUT2D eigenvalue weighted by Gasteiger charge is 2.42. The molecule has 6 rings (SSSR count). The number of hydrogen-bond donors (Lipinski definition) is 2. The van der Waals surface area contributed by atoms with Crippen molar-refractivity contribution in [3.05, 3.63) is 75.1 Å². The summed E-state index contributed by atoms with van der Waals surface area (Å²) in [5.74, 6) is 1.15. The Labute approximate surface area is 231 Å². The van der Waals surface area contributed by atoms with E-state index in [1.54, 1.807) is 34.6 Å². The van der Waals surface area contributed by atoms with Crippen molar-refractivity contribution in [2.24, 2.45) is 0 Å². The van der Waals surface area contributed by atoms with Gasteiger partial charge in [-0.1, -0.05) is 28.9 Å². The lowest BCUT2D eigenvalue weighted by atomic mass is 9.95. The molecule has 2 aliphatic rings. The van der Waals surface area contributed by atoms with E-state index in [9.17, 15) is 14.6 Å². The summed E-state index contributed by atoms with van der Waals surface area (Å²) in [4.78, 5) is 4.68. The molecule has 1 saturated heterocycles. The zero-order valence-corrected chi connectivity index (χ0v) is 22.7. The first-order valence-electron chi connectivity index (χ1n) is 12.4. The summed E-state index contributed by atoms with van der Waals surface area (Å²) in [5.41, 5.74) is 3.01. The smallest absolute Gasteiger partial charge is 0.161 e. The molecule has 4 atom stereocenters. The second-order valence-corrected chi connectivity index (χ2v) is 11.0. The van der Waals surface area contributed by atoms with Crippen LogP contribution < -0.4 is 0 Å². The summed E-state index contributed by atoms with van der Waals surface area (Å²) in [6, 6.07) is 9.91. The predicted octanol–water partition coefficient (Wildman–Crippen LogP) is 4.69. The maximum atomic E-state index is 14.1. The molecule has 0 radical (unpaired) electrons. The van der Waals surface area contributed by atoms with E-state index in [0.29, 0.717) is 44.7 Å². The molecule has 1 aliphatic heterocycles. The third-order valence-corrected chi connectivity index (χ3v) is 7.96. The van der Waals surface area contributed by atoms with Gasteiger partial charge in [-0.3, -0.25) is 0 Å². The molecule has 198 valence electrons. The Hall–Kier alpha value is -2.70. The van der Waals surface area contributed by atoms with Gasteiger partial charge in [-0.05, 0) is 71.4 Å². The minimum atomic E-state index is -1.06. The lowest BCUT2D eigenvalue weighted by Gasteiger charge is -2.38. The largest absolute Gasteiger partial charge is 0.394 e. The van der Waals surface area contributed by atoms with Crippen molar-refractivity contribution in [1.29, 1.82) is 0 Å². The van der Waals surface area contributed by atoms with E-state index in [4.69, 9.17) is 16.3 Å². The standard InChI is InChI=1S/C26H25BrClFN6O3/c1-13-30-26(35(32-13)21-9-16(28)5-6-17(21)14-2-3-14)23-10-22(25(37)24(12-36)38-23)34-11-20(31-33-34)15-4-7-18(27)19(29)8-15/h4-9,11,14,22-25,36-37H,2-3,10,12H2,1H3. The number of halogens is 3. The van der Waals surface area contributed by atoms with Crippen LogP contribution >= 0.6 is 27.5 Å². The van der Waals surface area contributed by atoms with E-state index < -0.39 is 36.8 Å². The summed E-state index contributed by atoms with van der Waals surface area (Å²) in [6.45, 7) is 1.41. The van der Waals surface area contributed by atoms with Crippen LogP contribution in [0.1, 0.15) is 54.5 Å². The lowest BCUT2D eigenvalue weighted by Crippen LogP contribution is -2.45. The quantitative estimate of drug-likeness (QED) is 0.329. The van der Waals surface area contributed by atoms with Crippen molar-refractivity contribution in [2.45, 2.75) is 56.5 Å². The molecule has 0 amide bonds. The van der Waals surface area contributed by atoms with E-state index in [2.05, 4.69) is 36.3 Å². The number of aliphatic hydroxyl groups is 2. The summed E-state index contributed by atoms with van der Waals surface area (Å²) < 4.78 is 23.9. The Kier molecular flexibility index (Phi) is 6.81. The molecule has 3 heterocycles. The highest BCUT2D eigenvalue weighted by atomic mass is 79.9. The molecule has 12 heteroatoms. The second-order valence-electron chi connectivity index (χ2n) is 9.76. The summed E-state index contributed by atoms with van der Waals surface area (Å²) in [6.07, 6.45) is 1.62. The fourth-order valence-electron chi connectivity index (χ4n) is 5.02. The SMILES string of the molecule is Cc1nc(C2CC(n3cc(-c4ccc(Br)c(F)c4)nn3)C(O)C(CO)O2)n(-c2cc(Cl)ccc2C2CC2)n1. The third kappa shape index (κ3) is 4.77. The molecule has 2 fully saturated rings. The number of hydrogen-bond acceptors (Lipinski definition) is 7.